The fourth-order valence-corrected chi connectivity index (χ4v) is 9.41. The largest absolute Gasteiger partial charge is 0.0625 e. The van der Waals surface area contributed by atoms with Gasteiger partial charge in [-0.2, -0.15) is 0 Å². The van der Waals surface area contributed by atoms with E-state index in [0.717, 1.165) is 51.8 Å². The second kappa shape index (κ2) is 13.1. The lowest BCUT2D eigenvalue weighted by molar-refractivity contribution is 0.0449. The molecule has 0 unspecified atom stereocenters. The van der Waals surface area contributed by atoms with Crippen molar-refractivity contribution in [3.8, 4) is 0 Å². The maximum atomic E-state index is 2.41. The summed E-state index contributed by atoms with van der Waals surface area (Å²) in [6.07, 6.45) is 33.9. The molecule has 0 aliphatic heterocycles. The zero-order valence-corrected chi connectivity index (χ0v) is 26.5. The molecule has 0 amide bonds. The molecule has 6 saturated carbocycles. The second-order valence-corrected chi connectivity index (χ2v) is 16.7. The van der Waals surface area contributed by atoms with E-state index in [0.29, 0.717) is 0 Å². The van der Waals surface area contributed by atoms with Crippen LogP contribution < -0.4 is 0 Å². The minimum atomic E-state index is 0.823. The van der Waals surface area contributed by atoms with Crippen LogP contribution in [0.1, 0.15) is 183 Å². The summed E-state index contributed by atoms with van der Waals surface area (Å²) < 4.78 is 0. The van der Waals surface area contributed by atoms with Crippen LogP contribution in [0.25, 0.3) is 0 Å². The third-order valence-electron chi connectivity index (χ3n) is 13.4. The predicted octanol–water partition coefficient (Wildman–Crippen LogP) is 12.4. The summed E-state index contributed by atoms with van der Waals surface area (Å²) in [6.45, 7) is 14.4. The van der Waals surface area contributed by atoms with E-state index < -0.39 is 0 Å². The van der Waals surface area contributed by atoms with Crippen molar-refractivity contribution in [3.63, 3.8) is 0 Å². The summed E-state index contributed by atoms with van der Waals surface area (Å²) in [5.74, 6) is 5.95. The van der Waals surface area contributed by atoms with Gasteiger partial charge < -0.3 is 0 Å². The quantitative estimate of drug-likeness (QED) is 0.352. The molecule has 0 nitrogen and oxygen atoms in total. The van der Waals surface area contributed by atoms with Gasteiger partial charge in [0.1, 0.15) is 0 Å². The Morgan fingerprint density at radius 3 is 0.811 bits per heavy atom. The molecule has 0 bridgehead atoms. The summed E-state index contributed by atoms with van der Waals surface area (Å²) in [4.78, 5) is 0. The smallest absolute Gasteiger partial charge is 0.0297 e. The molecule has 3 spiro atoms. The Bertz CT molecular complexity index is 624. The Balaban J connectivity index is 0.000000131. The van der Waals surface area contributed by atoms with E-state index in [-0.39, 0.29) is 0 Å². The highest BCUT2D eigenvalue weighted by atomic mass is 14.5. The molecule has 0 aromatic rings. The van der Waals surface area contributed by atoms with Gasteiger partial charge in [0.05, 0.1) is 0 Å². The van der Waals surface area contributed by atoms with Crippen molar-refractivity contribution in [2.24, 2.45) is 51.8 Å². The first kappa shape index (κ1) is 30.0. The molecule has 216 valence electrons. The van der Waals surface area contributed by atoms with Crippen molar-refractivity contribution in [1.82, 2.24) is 0 Å². The molecule has 6 rings (SSSR count). The van der Waals surface area contributed by atoms with E-state index in [2.05, 4.69) is 41.5 Å². The maximum absolute atomic E-state index is 2.41. The zero-order valence-electron chi connectivity index (χ0n) is 26.5. The van der Waals surface area contributed by atoms with E-state index >= 15 is 0 Å². The van der Waals surface area contributed by atoms with E-state index in [1.807, 2.05) is 0 Å². The van der Waals surface area contributed by atoms with Crippen LogP contribution in [0, 0.1) is 51.8 Å². The van der Waals surface area contributed by atoms with Crippen LogP contribution in [0.5, 0.6) is 0 Å². The lowest BCUT2D eigenvalue weighted by atomic mass is 9.58. The summed E-state index contributed by atoms with van der Waals surface area (Å²) in [5, 5.41) is 0. The lowest BCUT2D eigenvalue weighted by Crippen LogP contribution is -2.34. The molecule has 0 radical (unpaired) electrons. The molecule has 0 heterocycles. The Labute approximate surface area is 234 Å². The number of rotatable bonds is 3. The first-order valence-electron chi connectivity index (χ1n) is 17.7. The van der Waals surface area contributed by atoms with Crippen molar-refractivity contribution >= 4 is 0 Å². The highest BCUT2D eigenvalue weighted by molar-refractivity contribution is 4.96. The minimum absolute atomic E-state index is 0.823. The lowest BCUT2D eigenvalue weighted by Gasteiger charge is -2.47. The van der Waals surface area contributed by atoms with Gasteiger partial charge in [-0.15, -0.1) is 0 Å². The SMILES string of the molecule is CC(C)C1CCC2(CC1)CC2.CC(C)C1CCC2(CCC2)CC1.CC(C)C1CCC2(CCCCC2)CC1. The zero-order chi connectivity index (χ0) is 26.5. The van der Waals surface area contributed by atoms with Crippen LogP contribution >= 0.6 is 0 Å². The van der Waals surface area contributed by atoms with E-state index in [9.17, 15) is 0 Å². The Morgan fingerprint density at radius 1 is 0.324 bits per heavy atom. The summed E-state index contributed by atoms with van der Waals surface area (Å²) in [5.41, 5.74) is 2.58. The molecule has 0 saturated heterocycles. The third-order valence-corrected chi connectivity index (χ3v) is 13.4. The van der Waals surface area contributed by atoms with Crippen LogP contribution in [0.2, 0.25) is 0 Å². The van der Waals surface area contributed by atoms with E-state index in [1.54, 1.807) is 77.0 Å². The van der Waals surface area contributed by atoms with Crippen molar-refractivity contribution in [1.29, 1.82) is 0 Å². The van der Waals surface area contributed by atoms with Crippen molar-refractivity contribution in [2.75, 3.05) is 0 Å². The fraction of sp³-hybridized carbons (Fsp3) is 1.00. The molecule has 6 fully saturated rings. The third kappa shape index (κ3) is 8.26. The topological polar surface area (TPSA) is 0 Å². The highest BCUT2D eigenvalue weighted by Crippen LogP contribution is 2.58. The van der Waals surface area contributed by atoms with Gasteiger partial charge >= 0.3 is 0 Å². The molecule has 0 N–H and O–H groups in total. The molecular formula is C37H68. The van der Waals surface area contributed by atoms with Crippen LogP contribution in [-0.2, 0) is 0 Å². The standard InChI is InChI=1S/C14H26.C12H22.C11H20/c1-12(2)13-6-10-14(11-7-13)8-4-3-5-9-14;1-10(2)11-4-8-12(9-5-11)6-3-7-12;1-9(2)10-3-5-11(6-4-10)7-8-11/h12-13H,3-11H2,1-2H3;10-11H,3-9H2,1-2H3;9-10H,3-8H2,1-2H3. The molecule has 37 heavy (non-hydrogen) atoms. The van der Waals surface area contributed by atoms with Gasteiger partial charge in [-0.3, -0.25) is 0 Å². The molecule has 0 aromatic heterocycles. The maximum Gasteiger partial charge on any atom is -0.0297 e. The Morgan fingerprint density at radius 2 is 0.595 bits per heavy atom. The van der Waals surface area contributed by atoms with Gasteiger partial charge in [0.2, 0.25) is 0 Å². The molecule has 6 aliphatic carbocycles. The molecule has 0 heteroatoms. The van der Waals surface area contributed by atoms with Crippen molar-refractivity contribution < 1.29 is 0 Å². The minimum Gasteiger partial charge on any atom is -0.0625 e. The molecule has 0 atom stereocenters. The highest BCUT2D eigenvalue weighted by Gasteiger charge is 2.45. The Kier molecular flexibility index (Phi) is 10.6. The van der Waals surface area contributed by atoms with Gasteiger partial charge in [0, 0.05) is 0 Å². The average Bonchev–Trinajstić information content (AvgIpc) is 3.63. The van der Waals surface area contributed by atoms with Gasteiger partial charge in [0.25, 0.3) is 0 Å². The van der Waals surface area contributed by atoms with Gasteiger partial charge in [0.15, 0.2) is 0 Å². The Hall–Kier alpha value is 0. The molecule has 0 aromatic carbocycles. The monoisotopic (exact) mass is 513 g/mol. The van der Waals surface area contributed by atoms with Crippen LogP contribution in [0.3, 0.4) is 0 Å². The van der Waals surface area contributed by atoms with Crippen molar-refractivity contribution in [3.05, 3.63) is 0 Å². The predicted molar refractivity (Wildman–Crippen MR) is 164 cm³/mol. The van der Waals surface area contributed by atoms with Gasteiger partial charge in [-0.05, 0) is 167 Å². The summed E-state index contributed by atoms with van der Waals surface area (Å²) >= 11 is 0. The van der Waals surface area contributed by atoms with Crippen LogP contribution in [0.4, 0.5) is 0 Å². The second-order valence-electron chi connectivity index (χ2n) is 16.7. The van der Waals surface area contributed by atoms with Gasteiger partial charge in [-0.25, -0.2) is 0 Å². The number of hydrogen-bond acceptors (Lipinski definition) is 0. The molecule has 6 aliphatic rings. The average molecular weight is 513 g/mol. The van der Waals surface area contributed by atoms with E-state index in [4.69, 9.17) is 0 Å². The van der Waals surface area contributed by atoms with E-state index in [1.165, 1.54) is 64.2 Å². The van der Waals surface area contributed by atoms with Crippen LogP contribution in [-0.4, -0.2) is 0 Å². The number of hydrogen-bond donors (Lipinski definition) is 0. The molecular weight excluding hydrogens is 444 g/mol. The first-order chi connectivity index (χ1) is 17.7. The van der Waals surface area contributed by atoms with Gasteiger partial charge in [-0.1, -0.05) is 67.2 Å². The normalized spacial score (nSPS) is 32.0. The fourth-order valence-electron chi connectivity index (χ4n) is 9.41. The van der Waals surface area contributed by atoms with Crippen LogP contribution in [0.15, 0.2) is 0 Å². The first-order valence-corrected chi connectivity index (χ1v) is 17.7. The van der Waals surface area contributed by atoms with Crippen molar-refractivity contribution in [2.45, 2.75) is 183 Å². The summed E-state index contributed by atoms with van der Waals surface area (Å²) in [6, 6.07) is 0. The summed E-state index contributed by atoms with van der Waals surface area (Å²) in [7, 11) is 0.